The summed E-state index contributed by atoms with van der Waals surface area (Å²) in [7, 11) is 0. The van der Waals surface area contributed by atoms with Gasteiger partial charge in [-0.1, -0.05) is 25.1 Å². The van der Waals surface area contributed by atoms with E-state index < -0.39 is 0 Å². The predicted molar refractivity (Wildman–Crippen MR) is 101 cm³/mol. The first kappa shape index (κ1) is 18.0. The molecule has 0 saturated carbocycles. The summed E-state index contributed by atoms with van der Waals surface area (Å²) in [6.07, 6.45) is 2.96. The Morgan fingerprint density at radius 1 is 1.24 bits per heavy atom. The SMILES string of the molecule is CCn1cc(C(=O)NC[C@](C)(CC)N2CCOCC2)c2ccccc21. The molecule has 0 spiro atoms. The van der Waals surface area contributed by atoms with Crippen molar-refractivity contribution >= 4 is 16.8 Å². The van der Waals surface area contributed by atoms with Crippen LogP contribution >= 0.6 is 0 Å². The quantitative estimate of drug-likeness (QED) is 0.877. The molecule has 1 aliphatic heterocycles. The number of rotatable bonds is 6. The molecular weight excluding hydrogens is 314 g/mol. The third-order valence-corrected chi connectivity index (χ3v) is 5.54. The van der Waals surface area contributed by atoms with Crippen molar-refractivity contribution in [1.82, 2.24) is 14.8 Å². The summed E-state index contributed by atoms with van der Waals surface area (Å²) in [5.41, 5.74) is 1.84. The lowest BCUT2D eigenvalue weighted by Crippen LogP contribution is -2.56. The van der Waals surface area contributed by atoms with Crippen LogP contribution in [-0.4, -0.2) is 53.8 Å². The normalized spacial score (nSPS) is 18.2. The molecule has 1 aliphatic rings. The Labute approximate surface area is 149 Å². The number of ether oxygens (including phenoxy) is 1. The zero-order valence-electron chi connectivity index (χ0n) is 15.5. The van der Waals surface area contributed by atoms with Gasteiger partial charge < -0.3 is 14.6 Å². The van der Waals surface area contributed by atoms with Gasteiger partial charge in [-0.05, 0) is 26.3 Å². The van der Waals surface area contributed by atoms with E-state index >= 15 is 0 Å². The fourth-order valence-electron chi connectivity index (χ4n) is 3.62. The summed E-state index contributed by atoms with van der Waals surface area (Å²) in [6.45, 7) is 11.4. The molecule has 3 rings (SSSR count). The zero-order chi connectivity index (χ0) is 17.9. The topological polar surface area (TPSA) is 46.5 Å². The van der Waals surface area contributed by atoms with E-state index in [2.05, 4.69) is 41.6 Å². The summed E-state index contributed by atoms with van der Waals surface area (Å²) in [5.74, 6) is 0.0105. The highest BCUT2D eigenvalue weighted by Gasteiger charge is 2.32. The lowest BCUT2D eigenvalue weighted by atomic mass is 9.95. The second-order valence-electron chi connectivity index (χ2n) is 6.98. The highest BCUT2D eigenvalue weighted by atomic mass is 16.5. The third-order valence-electron chi connectivity index (χ3n) is 5.54. The zero-order valence-corrected chi connectivity index (χ0v) is 15.5. The van der Waals surface area contributed by atoms with E-state index in [9.17, 15) is 4.79 Å². The Bertz CT molecular complexity index is 734. The third kappa shape index (κ3) is 3.58. The van der Waals surface area contributed by atoms with Gasteiger partial charge in [0.2, 0.25) is 0 Å². The van der Waals surface area contributed by atoms with Crippen molar-refractivity contribution in [3.8, 4) is 0 Å². The molecule has 0 bridgehead atoms. The largest absolute Gasteiger partial charge is 0.379 e. The molecule has 0 unspecified atom stereocenters. The highest BCUT2D eigenvalue weighted by Crippen LogP contribution is 2.23. The van der Waals surface area contributed by atoms with Gasteiger partial charge in [-0.25, -0.2) is 0 Å². The van der Waals surface area contributed by atoms with Crippen LogP contribution in [0.4, 0.5) is 0 Å². The monoisotopic (exact) mass is 343 g/mol. The number of aryl methyl sites for hydroxylation is 1. The molecule has 1 fully saturated rings. The van der Waals surface area contributed by atoms with E-state index in [0.29, 0.717) is 6.54 Å². The second-order valence-corrected chi connectivity index (χ2v) is 6.98. The summed E-state index contributed by atoms with van der Waals surface area (Å²) in [4.78, 5) is 15.3. The summed E-state index contributed by atoms with van der Waals surface area (Å²) >= 11 is 0. The number of benzene rings is 1. The Kier molecular flexibility index (Phi) is 5.45. The van der Waals surface area contributed by atoms with Crippen molar-refractivity contribution < 1.29 is 9.53 Å². The number of nitrogens with one attached hydrogen (secondary N) is 1. The average molecular weight is 343 g/mol. The van der Waals surface area contributed by atoms with Crippen LogP contribution in [0.15, 0.2) is 30.5 Å². The fraction of sp³-hybridized carbons (Fsp3) is 0.550. The van der Waals surface area contributed by atoms with Crippen LogP contribution in [0.25, 0.3) is 10.9 Å². The number of para-hydroxylation sites is 1. The molecule has 1 N–H and O–H groups in total. The Morgan fingerprint density at radius 2 is 1.96 bits per heavy atom. The van der Waals surface area contributed by atoms with Crippen LogP contribution in [0.2, 0.25) is 0 Å². The van der Waals surface area contributed by atoms with E-state index in [1.165, 1.54) is 0 Å². The first-order chi connectivity index (χ1) is 12.1. The predicted octanol–water partition coefficient (Wildman–Crippen LogP) is 2.89. The Balaban J connectivity index is 1.76. The van der Waals surface area contributed by atoms with Crippen molar-refractivity contribution in [2.75, 3.05) is 32.8 Å². The molecule has 5 heteroatoms. The van der Waals surface area contributed by atoms with Gasteiger partial charge in [-0.15, -0.1) is 0 Å². The molecule has 1 saturated heterocycles. The summed E-state index contributed by atoms with van der Waals surface area (Å²) in [6, 6.07) is 8.10. The first-order valence-electron chi connectivity index (χ1n) is 9.28. The molecule has 0 radical (unpaired) electrons. The van der Waals surface area contributed by atoms with Crippen molar-refractivity contribution in [2.45, 2.75) is 39.3 Å². The van der Waals surface area contributed by atoms with Crippen LogP contribution in [0, 0.1) is 0 Å². The van der Waals surface area contributed by atoms with E-state index in [1.54, 1.807) is 0 Å². The van der Waals surface area contributed by atoms with E-state index in [0.717, 1.165) is 55.7 Å². The Morgan fingerprint density at radius 3 is 2.64 bits per heavy atom. The molecular formula is C20H29N3O2. The highest BCUT2D eigenvalue weighted by molar-refractivity contribution is 6.07. The van der Waals surface area contributed by atoms with Crippen LogP contribution in [0.1, 0.15) is 37.6 Å². The van der Waals surface area contributed by atoms with Gasteiger partial charge >= 0.3 is 0 Å². The maximum absolute atomic E-state index is 12.9. The van der Waals surface area contributed by atoms with Crippen LogP contribution in [0.3, 0.4) is 0 Å². The molecule has 25 heavy (non-hydrogen) atoms. The number of amides is 1. The maximum Gasteiger partial charge on any atom is 0.253 e. The van der Waals surface area contributed by atoms with E-state index in [4.69, 9.17) is 4.74 Å². The molecule has 1 atom stereocenters. The summed E-state index contributed by atoms with van der Waals surface area (Å²) < 4.78 is 7.60. The van der Waals surface area contributed by atoms with Gasteiger partial charge in [0.15, 0.2) is 0 Å². The van der Waals surface area contributed by atoms with Gasteiger partial charge in [0, 0.05) is 48.8 Å². The molecule has 5 nitrogen and oxygen atoms in total. The van der Waals surface area contributed by atoms with Gasteiger partial charge in [-0.3, -0.25) is 9.69 Å². The molecule has 2 heterocycles. The van der Waals surface area contributed by atoms with Crippen molar-refractivity contribution in [3.05, 3.63) is 36.0 Å². The van der Waals surface area contributed by atoms with Crippen molar-refractivity contribution in [3.63, 3.8) is 0 Å². The number of carbonyl (C=O) groups excluding carboxylic acids is 1. The van der Waals surface area contributed by atoms with Gasteiger partial charge in [0.05, 0.1) is 18.8 Å². The van der Waals surface area contributed by atoms with Crippen LogP contribution in [0.5, 0.6) is 0 Å². The number of hydrogen-bond acceptors (Lipinski definition) is 3. The van der Waals surface area contributed by atoms with Crippen molar-refractivity contribution in [2.24, 2.45) is 0 Å². The van der Waals surface area contributed by atoms with Gasteiger partial charge in [0.25, 0.3) is 5.91 Å². The minimum Gasteiger partial charge on any atom is -0.379 e. The number of carbonyl (C=O) groups is 1. The van der Waals surface area contributed by atoms with E-state index in [-0.39, 0.29) is 11.4 Å². The Hall–Kier alpha value is -1.85. The molecule has 1 amide bonds. The van der Waals surface area contributed by atoms with E-state index in [1.807, 2.05) is 24.4 Å². The maximum atomic E-state index is 12.9. The molecule has 136 valence electrons. The minimum atomic E-state index is -0.0391. The number of morpholine rings is 1. The lowest BCUT2D eigenvalue weighted by Gasteiger charge is -2.43. The number of nitrogens with zero attached hydrogens (tertiary/aromatic N) is 2. The number of aromatic nitrogens is 1. The molecule has 0 aliphatic carbocycles. The molecule has 2 aromatic rings. The lowest BCUT2D eigenvalue weighted by molar-refractivity contribution is -0.0169. The molecule has 1 aromatic heterocycles. The first-order valence-corrected chi connectivity index (χ1v) is 9.28. The fourth-order valence-corrected chi connectivity index (χ4v) is 3.62. The number of hydrogen-bond donors (Lipinski definition) is 1. The minimum absolute atomic E-state index is 0.0105. The van der Waals surface area contributed by atoms with Crippen LogP contribution < -0.4 is 5.32 Å². The van der Waals surface area contributed by atoms with Crippen LogP contribution in [-0.2, 0) is 11.3 Å². The summed E-state index contributed by atoms with van der Waals surface area (Å²) in [5, 5.41) is 4.20. The second kappa shape index (κ2) is 7.58. The number of fused-ring (bicyclic) bond motifs is 1. The standard InChI is InChI=1S/C20H29N3O2/c1-4-20(3,23-10-12-25-13-11-23)15-21-19(24)17-14-22(5-2)18-9-7-6-8-16(17)18/h6-9,14H,4-5,10-13,15H2,1-3H3,(H,21,24)/t20-/m0/s1. The average Bonchev–Trinajstić information content (AvgIpc) is 3.05. The van der Waals surface area contributed by atoms with Gasteiger partial charge in [-0.2, -0.15) is 0 Å². The smallest absolute Gasteiger partial charge is 0.253 e. The van der Waals surface area contributed by atoms with Crippen molar-refractivity contribution in [1.29, 1.82) is 0 Å². The van der Waals surface area contributed by atoms with Gasteiger partial charge in [0.1, 0.15) is 0 Å². The molecule has 1 aromatic carbocycles.